The van der Waals surface area contributed by atoms with Crippen molar-refractivity contribution >= 4 is 5.69 Å². The summed E-state index contributed by atoms with van der Waals surface area (Å²) in [5, 5.41) is 0. The third-order valence-electron chi connectivity index (χ3n) is 6.00. The Bertz CT molecular complexity index is 513. The predicted octanol–water partition coefficient (Wildman–Crippen LogP) is 4.00. The molecule has 3 unspecified atom stereocenters. The zero-order valence-electron chi connectivity index (χ0n) is 11.9. The molecule has 104 valence electrons. The molecule has 0 heterocycles. The Morgan fingerprint density at radius 2 is 2.05 bits per heavy atom. The summed E-state index contributed by atoms with van der Waals surface area (Å²) in [6.07, 6.45) is 3.66. The van der Waals surface area contributed by atoms with Crippen LogP contribution in [0.4, 0.5) is 10.1 Å². The molecule has 3 rings (SSSR count). The molecule has 0 aromatic heterocycles. The molecule has 0 spiro atoms. The maximum atomic E-state index is 13.5. The number of hydrogen-bond acceptors (Lipinski definition) is 2. The van der Waals surface area contributed by atoms with Crippen LogP contribution in [0.5, 0.6) is 5.75 Å². The molecule has 2 aliphatic rings. The summed E-state index contributed by atoms with van der Waals surface area (Å²) >= 11 is 0. The Morgan fingerprint density at radius 1 is 1.32 bits per heavy atom. The number of para-hydroxylation sites is 1. The molecule has 0 amide bonds. The number of fused-ring (bicyclic) bond motifs is 2. The highest BCUT2D eigenvalue weighted by atomic mass is 19.1. The van der Waals surface area contributed by atoms with Gasteiger partial charge in [0.2, 0.25) is 0 Å². The van der Waals surface area contributed by atoms with E-state index in [0.29, 0.717) is 17.1 Å². The van der Waals surface area contributed by atoms with Crippen LogP contribution in [0.3, 0.4) is 0 Å². The molecule has 2 saturated carbocycles. The SMILES string of the molecule is CC1(C)C2CCC1(C)C(Oc1cccc(F)c1N)C2. The van der Waals surface area contributed by atoms with Gasteiger partial charge in [0.1, 0.15) is 23.4 Å². The van der Waals surface area contributed by atoms with E-state index in [1.54, 1.807) is 12.1 Å². The van der Waals surface area contributed by atoms with Crippen molar-refractivity contribution in [2.45, 2.75) is 46.1 Å². The second kappa shape index (κ2) is 3.87. The highest BCUT2D eigenvalue weighted by Gasteiger charge is 2.62. The van der Waals surface area contributed by atoms with Crippen molar-refractivity contribution in [3.63, 3.8) is 0 Å². The van der Waals surface area contributed by atoms with E-state index in [9.17, 15) is 4.39 Å². The first-order valence-corrected chi connectivity index (χ1v) is 7.07. The Hall–Kier alpha value is -1.25. The number of nitrogens with two attached hydrogens (primary N) is 1. The van der Waals surface area contributed by atoms with Gasteiger partial charge in [-0.3, -0.25) is 0 Å². The van der Waals surface area contributed by atoms with Crippen LogP contribution < -0.4 is 10.5 Å². The molecule has 0 radical (unpaired) electrons. The molecule has 2 N–H and O–H groups in total. The summed E-state index contributed by atoms with van der Waals surface area (Å²) in [5.41, 5.74) is 6.36. The minimum Gasteiger partial charge on any atom is -0.488 e. The second-order valence-electron chi connectivity index (χ2n) is 6.87. The first-order valence-electron chi connectivity index (χ1n) is 7.07. The molecular formula is C16H22FNO. The molecular weight excluding hydrogens is 241 g/mol. The van der Waals surface area contributed by atoms with E-state index in [2.05, 4.69) is 20.8 Å². The number of rotatable bonds is 2. The zero-order valence-corrected chi connectivity index (χ0v) is 11.9. The van der Waals surface area contributed by atoms with E-state index in [-0.39, 0.29) is 17.2 Å². The molecule has 2 nitrogen and oxygen atoms in total. The molecule has 1 aromatic carbocycles. The van der Waals surface area contributed by atoms with Crippen LogP contribution in [0.2, 0.25) is 0 Å². The maximum absolute atomic E-state index is 13.5. The quantitative estimate of drug-likeness (QED) is 0.818. The van der Waals surface area contributed by atoms with Gasteiger partial charge in [0.05, 0.1) is 0 Å². The summed E-state index contributed by atoms with van der Waals surface area (Å²) in [5.74, 6) is 0.803. The van der Waals surface area contributed by atoms with Crippen molar-refractivity contribution in [1.29, 1.82) is 0 Å². The van der Waals surface area contributed by atoms with Gasteiger partial charge in [0.25, 0.3) is 0 Å². The topological polar surface area (TPSA) is 35.2 Å². The lowest BCUT2D eigenvalue weighted by molar-refractivity contribution is 0.0305. The predicted molar refractivity (Wildman–Crippen MR) is 74.5 cm³/mol. The summed E-state index contributed by atoms with van der Waals surface area (Å²) in [4.78, 5) is 0. The van der Waals surface area contributed by atoms with Crippen LogP contribution in [0, 0.1) is 22.6 Å². The van der Waals surface area contributed by atoms with Crippen LogP contribution in [-0.4, -0.2) is 6.10 Å². The maximum Gasteiger partial charge on any atom is 0.149 e. The molecule has 3 atom stereocenters. The molecule has 0 aliphatic heterocycles. The van der Waals surface area contributed by atoms with Crippen LogP contribution in [0.25, 0.3) is 0 Å². The summed E-state index contributed by atoms with van der Waals surface area (Å²) in [6, 6.07) is 4.79. The molecule has 0 saturated heterocycles. The fourth-order valence-electron chi connectivity index (χ4n) is 4.08. The van der Waals surface area contributed by atoms with Crippen molar-refractivity contribution < 1.29 is 9.13 Å². The smallest absolute Gasteiger partial charge is 0.149 e. The second-order valence-corrected chi connectivity index (χ2v) is 6.87. The Balaban J connectivity index is 1.88. The number of anilines is 1. The van der Waals surface area contributed by atoms with Gasteiger partial charge in [0, 0.05) is 5.41 Å². The molecule has 2 bridgehead atoms. The number of benzene rings is 1. The average molecular weight is 263 g/mol. The lowest BCUT2D eigenvalue weighted by atomic mass is 9.70. The van der Waals surface area contributed by atoms with Gasteiger partial charge in [-0.05, 0) is 42.7 Å². The molecule has 19 heavy (non-hydrogen) atoms. The zero-order chi connectivity index (χ0) is 13.8. The van der Waals surface area contributed by atoms with Crippen LogP contribution in [0.15, 0.2) is 18.2 Å². The standard InChI is InChI=1S/C16H22FNO/c1-15(2)10-7-8-16(15,3)13(9-10)19-12-6-4-5-11(17)14(12)18/h4-6,10,13H,7-9,18H2,1-3H3. The van der Waals surface area contributed by atoms with E-state index >= 15 is 0 Å². The van der Waals surface area contributed by atoms with E-state index in [0.717, 1.165) is 6.42 Å². The van der Waals surface area contributed by atoms with E-state index in [1.165, 1.54) is 18.9 Å². The normalized spacial score (nSPS) is 35.6. The number of nitrogen functional groups attached to an aromatic ring is 1. The van der Waals surface area contributed by atoms with E-state index in [4.69, 9.17) is 10.5 Å². The Labute approximate surface area is 114 Å². The van der Waals surface area contributed by atoms with Gasteiger partial charge in [-0.2, -0.15) is 0 Å². The van der Waals surface area contributed by atoms with E-state index in [1.807, 2.05) is 0 Å². The summed E-state index contributed by atoms with van der Waals surface area (Å²) in [7, 11) is 0. The minimum atomic E-state index is -0.398. The minimum absolute atomic E-state index is 0.131. The fraction of sp³-hybridized carbons (Fsp3) is 0.625. The first-order chi connectivity index (χ1) is 8.86. The highest BCUT2D eigenvalue weighted by Crippen LogP contribution is 2.66. The van der Waals surface area contributed by atoms with Crippen molar-refractivity contribution in [1.82, 2.24) is 0 Å². The fourth-order valence-corrected chi connectivity index (χ4v) is 4.08. The summed E-state index contributed by atoms with van der Waals surface area (Å²) in [6.45, 7) is 6.98. The largest absolute Gasteiger partial charge is 0.488 e. The van der Waals surface area contributed by atoms with Gasteiger partial charge in [-0.1, -0.05) is 26.8 Å². The lowest BCUT2D eigenvalue weighted by Gasteiger charge is -2.39. The van der Waals surface area contributed by atoms with Crippen LogP contribution >= 0.6 is 0 Å². The molecule has 1 aromatic rings. The molecule has 2 fully saturated rings. The average Bonchev–Trinajstić information content (AvgIpc) is 2.68. The molecule has 3 heteroatoms. The Morgan fingerprint density at radius 3 is 2.63 bits per heavy atom. The third-order valence-corrected chi connectivity index (χ3v) is 6.00. The molecule has 2 aliphatic carbocycles. The van der Waals surface area contributed by atoms with Crippen molar-refractivity contribution in [2.75, 3.05) is 5.73 Å². The first kappa shape index (κ1) is 12.8. The van der Waals surface area contributed by atoms with Gasteiger partial charge >= 0.3 is 0 Å². The van der Waals surface area contributed by atoms with Gasteiger partial charge in [-0.25, -0.2) is 4.39 Å². The van der Waals surface area contributed by atoms with Gasteiger partial charge in [-0.15, -0.1) is 0 Å². The van der Waals surface area contributed by atoms with Gasteiger partial charge < -0.3 is 10.5 Å². The van der Waals surface area contributed by atoms with Crippen molar-refractivity contribution in [3.05, 3.63) is 24.0 Å². The summed E-state index contributed by atoms with van der Waals surface area (Å²) < 4.78 is 19.6. The van der Waals surface area contributed by atoms with E-state index < -0.39 is 5.82 Å². The number of hydrogen-bond donors (Lipinski definition) is 1. The van der Waals surface area contributed by atoms with Crippen molar-refractivity contribution in [3.8, 4) is 5.75 Å². The van der Waals surface area contributed by atoms with Gasteiger partial charge in [0.15, 0.2) is 0 Å². The highest BCUT2D eigenvalue weighted by molar-refractivity contribution is 5.53. The number of ether oxygens (including phenoxy) is 1. The van der Waals surface area contributed by atoms with Crippen molar-refractivity contribution in [2.24, 2.45) is 16.7 Å². The third kappa shape index (κ3) is 1.60. The number of halogens is 1. The lowest BCUT2D eigenvalue weighted by Crippen LogP contribution is -2.39. The van der Waals surface area contributed by atoms with Crippen LogP contribution in [-0.2, 0) is 0 Å². The monoisotopic (exact) mass is 263 g/mol. The Kier molecular flexibility index (Phi) is 2.60. The van der Waals surface area contributed by atoms with Crippen LogP contribution in [0.1, 0.15) is 40.0 Å².